The summed E-state index contributed by atoms with van der Waals surface area (Å²) in [5.74, 6) is -0.491. The molecule has 0 radical (unpaired) electrons. The van der Waals surface area contributed by atoms with Crippen LogP contribution in [0.25, 0.3) is 26.9 Å². The maximum atomic E-state index is 9.77. The van der Waals surface area contributed by atoms with Crippen LogP contribution in [0.2, 0.25) is 0 Å². The van der Waals surface area contributed by atoms with Gasteiger partial charge in [-0.3, -0.25) is 5.10 Å². The molecule has 5 rings (SSSR count). The third-order valence-corrected chi connectivity index (χ3v) is 5.60. The van der Waals surface area contributed by atoms with E-state index >= 15 is 0 Å². The number of pyridine rings is 1. The summed E-state index contributed by atoms with van der Waals surface area (Å²) in [6.07, 6.45) is 1.87. The second-order valence-corrected chi connectivity index (χ2v) is 7.42. The molecule has 6 nitrogen and oxygen atoms in total. The Labute approximate surface area is 152 Å². The van der Waals surface area contributed by atoms with Gasteiger partial charge in [-0.25, -0.2) is 19.5 Å². The van der Waals surface area contributed by atoms with Crippen LogP contribution in [-0.4, -0.2) is 24.6 Å². The van der Waals surface area contributed by atoms with Crippen LogP contribution in [0, 0.1) is 25.2 Å². The summed E-state index contributed by atoms with van der Waals surface area (Å²) in [7, 11) is 0. The van der Waals surface area contributed by atoms with Crippen molar-refractivity contribution in [1.29, 1.82) is 5.26 Å². The van der Waals surface area contributed by atoms with Crippen molar-refractivity contribution in [2.24, 2.45) is 0 Å². The van der Waals surface area contributed by atoms with Gasteiger partial charge in [0.2, 0.25) is 0 Å². The van der Waals surface area contributed by atoms with E-state index in [1.807, 2.05) is 48.0 Å². The second kappa shape index (κ2) is 5.38. The van der Waals surface area contributed by atoms with Crippen LogP contribution in [0.3, 0.4) is 0 Å². The van der Waals surface area contributed by atoms with Gasteiger partial charge in [-0.1, -0.05) is 12.1 Å². The predicted octanol–water partition coefficient (Wildman–Crippen LogP) is 4.09. The van der Waals surface area contributed by atoms with E-state index in [0.717, 1.165) is 43.2 Å². The molecule has 126 valence electrons. The molecule has 5 aromatic rings. The number of nitrogens with zero attached hydrogens (tertiary/aromatic N) is 5. The van der Waals surface area contributed by atoms with Gasteiger partial charge in [0.05, 0.1) is 33.6 Å². The SMILES string of the molecule is Cc1cc(C)c2c(n1)[nH]n1cc(C(C#N)c3nc4ccccc4s3)nc21. The fourth-order valence-electron chi connectivity index (χ4n) is 3.37. The first kappa shape index (κ1) is 15.0. The van der Waals surface area contributed by atoms with E-state index in [1.54, 1.807) is 11.3 Å². The fourth-order valence-corrected chi connectivity index (χ4v) is 4.40. The number of aromatic nitrogens is 5. The molecule has 0 spiro atoms. The smallest absolute Gasteiger partial charge is 0.163 e. The highest BCUT2D eigenvalue weighted by molar-refractivity contribution is 7.18. The van der Waals surface area contributed by atoms with Gasteiger partial charge in [-0.05, 0) is 37.6 Å². The number of H-pyrrole nitrogens is 1. The average Bonchev–Trinajstić information content (AvgIpc) is 3.27. The van der Waals surface area contributed by atoms with Crippen LogP contribution < -0.4 is 0 Å². The lowest BCUT2D eigenvalue weighted by Gasteiger charge is -2.01. The summed E-state index contributed by atoms with van der Waals surface area (Å²) in [5, 5.41) is 14.8. The summed E-state index contributed by atoms with van der Waals surface area (Å²) in [4.78, 5) is 13.9. The predicted molar refractivity (Wildman–Crippen MR) is 101 cm³/mol. The molecule has 4 heterocycles. The maximum Gasteiger partial charge on any atom is 0.163 e. The van der Waals surface area contributed by atoms with Gasteiger partial charge in [-0.15, -0.1) is 11.3 Å². The molecule has 0 aliphatic heterocycles. The van der Waals surface area contributed by atoms with Crippen molar-refractivity contribution in [1.82, 2.24) is 24.6 Å². The number of hydrogen-bond acceptors (Lipinski definition) is 5. The third kappa shape index (κ3) is 2.13. The van der Waals surface area contributed by atoms with E-state index < -0.39 is 5.92 Å². The molecule has 0 aliphatic carbocycles. The van der Waals surface area contributed by atoms with Crippen molar-refractivity contribution in [3.8, 4) is 6.07 Å². The highest BCUT2D eigenvalue weighted by atomic mass is 32.1. The minimum Gasteiger partial charge on any atom is -0.275 e. The van der Waals surface area contributed by atoms with E-state index in [9.17, 15) is 5.26 Å². The van der Waals surface area contributed by atoms with Crippen molar-refractivity contribution >= 4 is 38.2 Å². The van der Waals surface area contributed by atoms with Gasteiger partial charge in [0, 0.05) is 5.69 Å². The molecular weight excluding hydrogens is 344 g/mol. The number of para-hydroxylation sites is 1. The van der Waals surface area contributed by atoms with E-state index in [1.165, 1.54) is 0 Å². The molecule has 0 amide bonds. The Balaban J connectivity index is 1.68. The number of imidazole rings is 1. The number of nitrogens with one attached hydrogen (secondary N) is 1. The number of thiazole rings is 1. The van der Waals surface area contributed by atoms with Crippen molar-refractivity contribution in [2.75, 3.05) is 0 Å². The van der Waals surface area contributed by atoms with E-state index in [2.05, 4.69) is 28.1 Å². The van der Waals surface area contributed by atoms with E-state index in [-0.39, 0.29) is 0 Å². The zero-order valence-electron chi connectivity index (χ0n) is 14.2. The number of aromatic amines is 1. The van der Waals surface area contributed by atoms with Crippen molar-refractivity contribution < 1.29 is 0 Å². The zero-order valence-corrected chi connectivity index (χ0v) is 15.0. The Kier molecular flexibility index (Phi) is 3.11. The first-order valence-electron chi connectivity index (χ1n) is 8.24. The minimum absolute atomic E-state index is 0.491. The monoisotopic (exact) mass is 358 g/mol. The Morgan fingerprint density at radius 2 is 2.04 bits per heavy atom. The number of fused-ring (bicyclic) bond motifs is 4. The molecule has 26 heavy (non-hydrogen) atoms. The van der Waals surface area contributed by atoms with Crippen molar-refractivity contribution in [3.63, 3.8) is 0 Å². The highest BCUT2D eigenvalue weighted by Gasteiger charge is 2.23. The van der Waals surface area contributed by atoms with Crippen molar-refractivity contribution in [3.05, 3.63) is 58.5 Å². The number of benzene rings is 1. The molecule has 0 saturated carbocycles. The normalized spacial score (nSPS) is 12.8. The Morgan fingerprint density at radius 1 is 1.19 bits per heavy atom. The molecular formula is C19H14N6S. The summed E-state index contributed by atoms with van der Waals surface area (Å²) < 4.78 is 2.92. The minimum atomic E-state index is -0.491. The maximum absolute atomic E-state index is 9.77. The molecule has 0 saturated heterocycles. The molecule has 0 bridgehead atoms. The molecule has 0 fully saturated rings. The first-order chi connectivity index (χ1) is 12.6. The lowest BCUT2D eigenvalue weighted by Crippen LogP contribution is -1.98. The van der Waals surface area contributed by atoms with Gasteiger partial charge in [0.25, 0.3) is 0 Å². The van der Waals surface area contributed by atoms with Gasteiger partial charge >= 0.3 is 0 Å². The van der Waals surface area contributed by atoms with Crippen LogP contribution in [0.5, 0.6) is 0 Å². The molecule has 1 atom stereocenters. The van der Waals surface area contributed by atoms with Gasteiger partial charge in [0.1, 0.15) is 10.9 Å². The largest absolute Gasteiger partial charge is 0.275 e. The molecule has 1 aromatic carbocycles. The number of nitriles is 1. The van der Waals surface area contributed by atoms with Crippen LogP contribution in [-0.2, 0) is 0 Å². The molecule has 4 aromatic heterocycles. The standard InChI is InChI=1S/C19H14N6S/c1-10-7-11(2)21-17-16(10)18-22-14(9-25(18)24-17)12(8-20)19-23-13-5-3-4-6-15(13)26-19/h3-7,9,12H,1-2H3,(H,21,24). The van der Waals surface area contributed by atoms with Crippen LogP contribution >= 0.6 is 11.3 Å². The Morgan fingerprint density at radius 3 is 2.85 bits per heavy atom. The van der Waals surface area contributed by atoms with Crippen LogP contribution in [0.4, 0.5) is 0 Å². The summed E-state index contributed by atoms with van der Waals surface area (Å²) >= 11 is 1.54. The van der Waals surface area contributed by atoms with Gasteiger partial charge in [0.15, 0.2) is 11.3 Å². The first-order valence-corrected chi connectivity index (χ1v) is 9.05. The van der Waals surface area contributed by atoms with Gasteiger partial charge < -0.3 is 0 Å². The summed E-state index contributed by atoms with van der Waals surface area (Å²) in [5.41, 5.74) is 5.29. The summed E-state index contributed by atoms with van der Waals surface area (Å²) in [6, 6.07) is 12.3. The average molecular weight is 358 g/mol. The molecule has 0 aliphatic rings. The van der Waals surface area contributed by atoms with Crippen LogP contribution in [0.15, 0.2) is 36.5 Å². The molecule has 1 unspecified atom stereocenters. The number of aryl methyl sites for hydroxylation is 2. The van der Waals surface area contributed by atoms with Crippen molar-refractivity contribution in [2.45, 2.75) is 19.8 Å². The number of hydrogen-bond donors (Lipinski definition) is 1. The molecule has 1 N–H and O–H groups in total. The third-order valence-electron chi connectivity index (χ3n) is 4.50. The fraction of sp³-hybridized carbons (Fsp3) is 0.158. The lowest BCUT2D eigenvalue weighted by atomic mass is 10.1. The quantitative estimate of drug-likeness (QED) is 0.515. The number of rotatable bonds is 2. The Bertz CT molecular complexity index is 1300. The zero-order chi connectivity index (χ0) is 17.8. The van der Waals surface area contributed by atoms with Crippen LogP contribution in [0.1, 0.15) is 27.9 Å². The lowest BCUT2D eigenvalue weighted by molar-refractivity contribution is 0.946. The topological polar surface area (TPSA) is 82.7 Å². The summed E-state index contributed by atoms with van der Waals surface area (Å²) in [6.45, 7) is 4.02. The molecule has 7 heteroatoms. The highest BCUT2D eigenvalue weighted by Crippen LogP contribution is 2.32. The van der Waals surface area contributed by atoms with E-state index in [4.69, 9.17) is 4.98 Å². The Hall–Kier alpha value is -3.24. The van der Waals surface area contributed by atoms with Gasteiger partial charge in [-0.2, -0.15) is 5.26 Å². The van der Waals surface area contributed by atoms with E-state index in [0.29, 0.717) is 5.69 Å². The second-order valence-electron chi connectivity index (χ2n) is 6.36.